The molecule has 0 N–H and O–H groups in total. The van der Waals surface area contributed by atoms with Crippen LogP contribution in [0.2, 0.25) is 0 Å². The summed E-state index contributed by atoms with van der Waals surface area (Å²) in [5, 5.41) is 0.120. The zero-order valence-corrected chi connectivity index (χ0v) is 11.7. The number of hydrogen-bond donors (Lipinski definition) is 0. The summed E-state index contributed by atoms with van der Waals surface area (Å²) in [7, 11) is 0. The van der Waals surface area contributed by atoms with Gasteiger partial charge in [0.25, 0.3) is 0 Å². The van der Waals surface area contributed by atoms with Gasteiger partial charge in [0.15, 0.2) is 5.22 Å². The molecule has 0 fully saturated rings. The number of esters is 1. The smallest absolute Gasteiger partial charge is 0.344 e. The molecule has 20 heavy (non-hydrogen) atoms. The summed E-state index contributed by atoms with van der Waals surface area (Å²) < 4.78 is 5.06. The van der Waals surface area contributed by atoms with E-state index < -0.39 is 5.97 Å². The minimum Gasteiger partial charge on any atom is -0.411 e. The molecule has 102 valence electrons. The Kier molecular flexibility index (Phi) is 5.39. The molecular formula is C17H15ClO2. The lowest BCUT2D eigenvalue weighted by molar-refractivity contribution is 0.0648. The molecule has 2 aromatic carbocycles. The largest absolute Gasteiger partial charge is 0.411 e. The first kappa shape index (κ1) is 14.4. The Hall–Kier alpha value is -2.06. The molecule has 0 amide bonds. The summed E-state index contributed by atoms with van der Waals surface area (Å²) in [5.41, 5.74) is 1.71. The third-order valence-electron chi connectivity index (χ3n) is 2.78. The van der Waals surface area contributed by atoms with E-state index in [-0.39, 0.29) is 5.22 Å². The maximum absolute atomic E-state index is 11.7. The van der Waals surface area contributed by atoms with Crippen LogP contribution in [-0.4, -0.2) is 5.97 Å². The van der Waals surface area contributed by atoms with Gasteiger partial charge >= 0.3 is 5.97 Å². The quantitative estimate of drug-likeness (QED) is 0.595. The standard InChI is InChI=1S/C17H15ClO2/c18-16(13-7-10-14-8-3-1-4-9-14)20-17(19)15-11-5-2-6-12-15/h1-6,8-9,11-13H,7,10H2/b16-13+. The van der Waals surface area contributed by atoms with Gasteiger partial charge in [-0.05, 0) is 48.2 Å². The lowest BCUT2D eigenvalue weighted by Crippen LogP contribution is -2.02. The molecule has 0 aliphatic rings. The van der Waals surface area contributed by atoms with Crippen molar-refractivity contribution in [2.75, 3.05) is 0 Å². The van der Waals surface area contributed by atoms with Crippen LogP contribution in [-0.2, 0) is 11.2 Å². The second-order valence-electron chi connectivity index (χ2n) is 4.29. The van der Waals surface area contributed by atoms with Crippen molar-refractivity contribution in [1.82, 2.24) is 0 Å². The molecule has 0 aliphatic heterocycles. The predicted molar refractivity (Wildman–Crippen MR) is 80.6 cm³/mol. The molecule has 3 heteroatoms. The van der Waals surface area contributed by atoms with E-state index in [2.05, 4.69) is 12.1 Å². The number of aryl methyl sites for hydroxylation is 1. The van der Waals surface area contributed by atoms with Crippen molar-refractivity contribution in [3.05, 3.63) is 83.1 Å². The molecule has 0 heterocycles. The van der Waals surface area contributed by atoms with Crippen LogP contribution in [0.3, 0.4) is 0 Å². The molecule has 0 aliphatic carbocycles. The lowest BCUT2D eigenvalue weighted by Gasteiger charge is -2.03. The van der Waals surface area contributed by atoms with Crippen molar-refractivity contribution in [2.45, 2.75) is 12.8 Å². The maximum Gasteiger partial charge on any atom is 0.344 e. The first-order chi connectivity index (χ1) is 9.75. The number of halogens is 1. The zero-order valence-electron chi connectivity index (χ0n) is 11.0. The third-order valence-corrected chi connectivity index (χ3v) is 3.01. The lowest BCUT2D eigenvalue weighted by atomic mass is 10.1. The fourth-order valence-corrected chi connectivity index (χ4v) is 1.94. The molecule has 0 saturated carbocycles. The Labute approximate surface area is 123 Å². The topological polar surface area (TPSA) is 26.3 Å². The van der Waals surface area contributed by atoms with Crippen molar-refractivity contribution in [3.8, 4) is 0 Å². The second-order valence-corrected chi connectivity index (χ2v) is 4.66. The van der Waals surface area contributed by atoms with Gasteiger partial charge in [-0.3, -0.25) is 0 Å². The average molecular weight is 287 g/mol. The number of carbonyl (C=O) groups excluding carboxylic acids is 1. The summed E-state index contributed by atoms with van der Waals surface area (Å²) >= 11 is 5.91. The number of benzene rings is 2. The number of ether oxygens (including phenoxy) is 1. The highest BCUT2D eigenvalue weighted by Gasteiger charge is 2.07. The Morgan fingerprint density at radius 2 is 1.60 bits per heavy atom. The van der Waals surface area contributed by atoms with Crippen molar-refractivity contribution in [2.24, 2.45) is 0 Å². The van der Waals surface area contributed by atoms with Gasteiger partial charge in [0.05, 0.1) is 5.56 Å². The molecule has 2 aromatic rings. The first-order valence-electron chi connectivity index (χ1n) is 6.42. The van der Waals surface area contributed by atoms with Crippen LogP contribution in [0, 0.1) is 0 Å². The van der Waals surface area contributed by atoms with Gasteiger partial charge in [-0.15, -0.1) is 0 Å². The molecular weight excluding hydrogens is 272 g/mol. The molecule has 0 unspecified atom stereocenters. The summed E-state index contributed by atoms with van der Waals surface area (Å²) in [6.07, 6.45) is 3.31. The Morgan fingerprint density at radius 1 is 1.00 bits per heavy atom. The zero-order chi connectivity index (χ0) is 14.2. The first-order valence-corrected chi connectivity index (χ1v) is 6.80. The highest BCUT2D eigenvalue weighted by molar-refractivity contribution is 6.29. The number of hydrogen-bond acceptors (Lipinski definition) is 2. The molecule has 0 bridgehead atoms. The van der Waals surface area contributed by atoms with E-state index in [9.17, 15) is 4.79 Å². The minimum absolute atomic E-state index is 0.120. The highest BCUT2D eigenvalue weighted by Crippen LogP contribution is 2.12. The Bertz CT molecular complexity index is 576. The normalized spacial score (nSPS) is 11.2. The van der Waals surface area contributed by atoms with Crippen LogP contribution >= 0.6 is 11.6 Å². The van der Waals surface area contributed by atoms with Crippen molar-refractivity contribution >= 4 is 17.6 Å². The molecule has 0 saturated heterocycles. The van der Waals surface area contributed by atoms with Gasteiger partial charge in [-0.2, -0.15) is 0 Å². The predicted octanol–water partition coefficient (Wildman–Crippen LogP) is 4.56. The van der Waals surface area contributed by atoms with E-state index in [0.717, 1.165) is 12.8 Å². The van der Waals surface area contributed by atoms with Crippen LogP contribution in [0.25, 0.3) is 0 Å². The fourth-order valence-electron chi connectivity index (χ4n) is 1.76. The van der Waals surface area contributed by atoms with E-state index in [0.29, 0.717) is 5.56 Å². The van der Waals surface area contributed by atoms with Gasteiger partial charge in [0.2, 0.25) is 0 Å². The highest BCUT2D eigenvalue weighted by atomic mass is 35.5. The third kappa shape index (κ3) is 4.56. The Balaban J connectivity index is 1.84. The second kappa shape index (κ2) is 7.51. The van der Waals surface area contributed by atoms with E-state index in [4.69, 9.17) is 16.3 Å². The minimum atomic E-state index is -0.438. The van der Waals surface area contributed by atoms with Crippen LogP contribution in [0.15, 0.2) is 72.0 Å². The van der Waals surface area contributed by atoms with Crippen molar-refractivity contribution < 1.29 is 9.53 Å². The Morgan fingerprint density at radius 3 is 2.25 bits per heavy atom. The summed E-state index contributed by atoms with van der Waals surface area (Å²) in [5.74, 6) is -0.438. The number of allylic oxidation sites excluding steroid dienone is 1. The molecule has 0 atom stereocenters. The van der Waals surface area contributed by atoms with Crippen molar-refractivity contribution in [3.63, 3.8) is 0 Å². The summed E-state index contributed by atoms with van der Waals surface area (Å²) in [6, 6.07) is 18.9. The molecule has 2 rings (SSSR count). The average Bonchev–Trinajstić information content (AvgIpc) is 2.49. The molecule has 0 radical (unpaired) electrons. The van der Waals surface area contributed by atoms with E-state index in [1.807, 2.05) is 24.3 Å². The van der Waals surface area contributed by atoms with E-state index in [1.54, 1.807) is 30.3 Å². The van der Waals surface area contributed by atoms with Gasteiger partial charge in [0, 0.05) is 0 Å². The summed E-state index contributed by atoms with van der Waals surface area (Å²) in [4.78, 5) is 11.7. The van der Waals surface area contributed by atoms with Crippen molar-refractivity contribution in [1.29, 1.82) is 0 Å². The van der Waals surface area contributed by atoms with Crippen LogP contribution in [0.1, 0.15) is 22.3 Å². The molecule has 2 nitrogen and oxygen atoms in total. The van der Waals surface area contributed by atoms with Crippen LogP contribution in [0.4, 0.5) is 0 Å². The van der Waals surface area contributed by atoms with Gasteiger partial charge in [-0.25, -0.2) is 4.79 Å². The molecule has 0 spiro atoms. The van der Waals surface area contributed by atoms with Gasteiger partial charge in [-0.1, -0.05) is 48.5 Å². The monoisotopic (exact) mass is 286 g/mol. The van der Waals surface area contributed by atoms with E-state index >= 15 is 0 Å². The SMILES string of the molecule is O=C(O/C(Cl)=C/CCc1ccccc1)c1ccccc1. The maximum atomic E-state index is 11.7. The van der Waals surface area contributed by atoms with E-state index in [1.165, 1.54) is 5.56 Å². The molecule has 0 aromatic heterocycles. The number of carbonyl (C=O) groups is 1. The van der Waals surface area contributed by atoms with Gasteiger partial charge < -0.3 is 4.74 Å². The van der Waals surface area contributed by atoms with Crippen LogP contribution < -0.4 is 0 Å². The summed E-state index contributed by atoms with van der Waals surface area (Å²) in [6.45, 7) is 0. The van der Waals surface area contributed by atoms with Gasteiger partial charge in [0.1, 0.15) is 0 Å². The number of rotatable bonds is 5. The van der Waals surface area contributed by atoms with Crippen LogP contribution in [0.5, 0.6) is 0 Å². The fraction of sp³-hybridized carbons (Fsp3) is 0.118.